The van der Waals surface area contributed by atoms with Gasteiger partial charge in [-0.2, -0.15) is 0 Å². The van der Waals surface area contributed by atoms with Crippen LogP contribution in [0.4, 0.5) is 0 Å². The average molecular weight is 291 g/mol. The van der Waals surface area contributed by atoms with Gasteiger partial charge in [0.15, 0.2) is 18.5 Å². The van der Waals surface area contributed by atoms with E-state index in [1.807, 2.05) is 0 Å². The number of benzene rings is 1. The Morgan fingerprint density at radius 1 is 1.19 bits per heavy atom. The lowest BCUT2D eigenvalue weighted by Gasteiger charge is -2.20. The zero-order valence-electron chi connectivity index (χ0n) is 11.5. The van der Waals surface area contributed by atoms with Gasteiger partial charge in [-0.1, -0.05) is 0 Å². The zero-order chi connectivity index (χ0) is 15.2. The van der Waals surface area contributed by atoms with E-state index in [-0.39, 0.29) is 12.4 Å². The fraction of sp³-hybridized carbons (Fsp3) is 0.400. The Bertz CT molecular complexity index is 537. The Balaban J connectivity index is 1.93. The molecule has 1 aromatic carbocycles. The number of Topliss-reactive ketones (excluding diaryl/α,β-unsaturated/α-hetero) is 1. The van der Waals surface area contributed by atoms with E-state index in [4.69, 9.17) is 15.2 Å². The molecule has 0 unspecified atom stereocenters. The molecule has 1 aromatic rings. The summed E-state index contributed by atoms with van der Waals surface area (Å²) < 4.78 is 10.3. The van der Waals surface area contributed by atoms with Gasteiger partial charge in [-0.25, -0.2) is 4.79 Å². The van der Waals surface area contributed by atoms with Crippen LogP contribution < -0.4 is 10.5 Å². The number of rotatable bonds is 5. The van der Waals surface area contributed by atoms with Crippen molar-refractivity contribution in [2.45, 2.75) is 31.8 Å². The maximum absolute atomic E-state index is 11.9. The smallest absolute Gasteiger partial charge is 0.338 e. The van der Waals surface area contributed by atoms with Crippen LogP contribution in [0.5, 0.6) is 5.75 Å². The van der Waals surface area contributed by atoms with Crippen molar-refractivity contribution in [3.05, 3.63) is 29.8 Å². The Labute approximate surface area is 122 Å². The number of hydrogen-bond donors (Lipinski definition) is 1. The predicted octanol–water partition coefficient (Wildman–Crippen LogP) is 1.22. The fourth-order valence-electron chi connectivity index (χ4n) is 2.11. The van der Waals surface area contributed by atoms with Gasteiger partial charge in [0.25, 0.3) is 5.91 Å². The third-order valence-corrected chi connectivity index (χ3v) is 3.22. The van der Waals surface area contributed by atoms with Crippen LogP contribution in [-0.2, 0) is 14.3 Å². The van der Waals surface area contributed by atoms with Gasteiger partial charge >= 0.3 is 5.97 Å². The second kappa shape index (κ2) is 6.88. The van der Waals surface area contributed by atoms with Crippen LogP contribution in [0.1, 0.15) is 36.0 Å². The minimum atomic E-state index is -0.628. The summed E-state index contributed by atoms with van der Waals surface area (Å²) in [5.41, 5.74) is 5.30. The third-order valence-electron chi connectivity index (χ3n) is 3.22. The summed E-state index contributed by atoms with van der Waals surface area (Å²) in [5, 5.41) is 0. The van der Waals surface area contributed by atoms with Crippen molar-refractivity contribution in [3.8, 4) is 5.75 Å². The molecule has 112 valence electrons. The summed E-state index contributed by atoms with van der Waals surface area (Å²) in [6.07, 6.45) is 2.18. The Morgan fingerprint density at radius 3 is 2.52 bits per heavy atom. The van der Waals surface area contributed by atoms with Gasteiger partial charge in [0.2, 0.25) is 0 Å². The van der Waals surface area contributed by atoms with Gasteiger partial charge in [0, 0.05) is 6.42 Å². The Kier molecular flexibility index (Phi) is 4.92. The van der Waals surface area contributed by atoms with Gasteiger partial charge in [-0.05, 0) is 43.5 Å². The first-order valence-electron chi connectivity index (χ1n) is 6.81. The van der Waals surface area contributed by atoms with Crippen molar-refractivity contribution >= 4 is 17.7 Å². The lowest BCUT2D eigenvalue weighted by molar-refractivity contribution is -0.130. The van der Waals surface area contributed by atoms with Crippen LogP contribution in [-0.4, -0.2) is 30.4 Å². The fourth-order valence-corrected chi connectivity index (χ4v) is 2.11. The number of carbonyl (C=O) groups is 3. The molecular formula is C15H17NO5. The van der Waals surface area contributed by atoms with Gasteiger partial charge in [-0.3, -0.25) is 9.59 Å². The summed E-state index contributed by atoms with van der Waals surface area (Å²) in [7, 11) is 0. The van der Waals surface area contributed by atoms with Gasteiger partial charge < -0.3 is 15.2 Å². The summed E-state index contributed by atoms with van der Waals surface area (Å²) in [5.74, 6) is -0.693. The van der Waals surface area contributed by atoms with E-state index in [1.54, 1.807) is 12.1 Å². The number of primary amides is 1. The second-order valence-corrected chi connectivity index (χ2v) is 4.89. The van der Waals surface area contributed by atoms with Crippen molar-refractivity contribution in [1.29, 1.82) is 0 Å². The Morgan fingerprint density at radius 2 is 1.90 bits per heavy atom. The van der Waals surface area contributed by atoms with Crippen molar-refractivity contribution in [3.63, 3.8) is 0 Å². The molecule has 2 N–H and O–H groups in total. The van der Waals surface area contributed by atoms with Crippen LogP contribution in [0.15, 0.2) is 24.3 Å². The van der Waals surface area contributed by atoms with E-state index in [1.165, 1.54) is 12.1 Å². The number of esters is 1. The molecule has 1 fully saturated rings. The van der Waals surface area contributed by atoms with Gasteiger partial charge in [0.1, 0.15) is 5.75 Å². The number of ketones is 1. The summed E-state index contributed by atoms with van der Waals surface area (Å²) in [4.78, 5) is 34.2. The van der Waals surface area contributed by atoms with Crippen LogP contribution in [0.3, 0.4) is 0 Å². The largest absolute Gasteiger partial charge is 0.484 e. The molecule has 0 aromatic heterocycles. The van der Waals surface area contributed by atoms with E-state index >= 15 is 0 Å². The minimum Gasteiger partial charge on any atom is -0.484 e. The molecule has 1 amide bonds. The Hall–Kier alpha value is -2.37. The SMILES string of the molecule is NC(=O)COc1ccc(C(=O)O[C@H]2CCCCC2=O)cc1. The molecule has 21 heavy (non-hydrogen) atoms. The van der Waals surface area contributed by atoms with E-state index in [0.29, 0.717) is 24.2 Å². The summed E-state index contributed by atoms with van der Waals surface area (Å²) in [6, 6.07) is 6.13. The van der Waals surface area contributed by atoms with Crippen molar-refractivity contribution in [2.75, 3.05) is 6.61 Å². The third kappa shape index (κ3) is 4.30. The molecule has 0 aliphatic heterocycles. The first-order valence-corrected chi connectivity index (χ1v) is 6.81. The van der Waals surface area contributed by atoms with Crippen LogP contribution in [0.2, 0.25) is 0 Å². The summed E-state index contributed by atoms with van der Waals surface area (Å²) >= 11 is 0. The van der Waals surface area contributed by atoms with E-state index in [2.05, 4.69) is 0 Å². The highest BCUT2D eigenvalue weighted by Crippen LogP contribution is 2.19. The van der Waals surface area contributed by atoms with Crippen LogP contribution in [0.25, 0.3) is 0 Å². The zero-order valence-corrected chi connectivity index (χ0v) is 11.5. The van der Waals surface area contributed by atoms with Crippen molar-refractivity contribution < 1.29 is 23.9 Å². The predicted molar refractivity (Wildman–Crippen MR) is 73.8 cm³/mol. The molecule has 0 saturated heterocycles. The first-order chi connectivity index (χ1) is 10.1. The molecule has 1 saturated carbocycles. The number of ether oxygens (including phenoxy) is 2. The normalized spacial score (nSPS) is 18.1. The molecule has 0 heterocycles. The standard InChI is InChI=1S/C15H17NO5/c16-14(18)9-20-11-7-5-10(6-8-11)15(19)21-13-4-2-1-3-12(13)17/h5-8,13H,1-4,9H2,(H2,16,18)/t13-/m0/s1. The second-order valence-electron chi connectivity index (χ2n) is 4.89. The highest BCUT2D eigenvalue weighted by atomic mass is 16.5. The summed E-state index contributed by atoms with van der Waals surface area (Å²) in [6.45, 7) is -0.222. The molecule has 1 aliphatic carbocycles. The van der Waals surface area contributed by atoms with Crippen molar-refractivity contribution in [1.82, 2.24) is 0 Å². The molecule has 2 rings (SSSR count). The number of amides is 1. The quantitative estimate of drug-likeness (QED) is 0.823. The number of nitrogens with two attached hydrogens (primary N) is 1. The van der Waals surface area contributed by atoms with Crippen LogP contribution >= 0.6 is 0 Å². The van der Waals surface area contributed by atoms with E-state index < -0.39 is 18.0 Å². The number of carbonyl (C=O) groups excluding carboxylic acids is 3. The highest BCUT2D eigenvalue weighted by Gasteiger charge is 2.26. The molecule has 6 heteroatoms. The van der Waals surface area contributed by atoms with Crippen LogP contribution in [0, 0.1) is 0 Å². The maximum atomic E-state index is 11.9. The van der Waals surface area contributed by atoms with E-state index in [9.17, 15) is 14.4 Å². The molecular weight excluding hydrogens is 274 g/mol. The molecule has 6 nitrogen and oxygen atoms in total. The van der Waals surface area contributed by atoms with Gasteiger partial charge in [0.05, 0.1) is 5.56 Å². The molecule has 0 radical (unpaired) electrons. The van der Waals surface area contributed by atoms with E-state index in [0.717, 1.165) is 12.8 Å². The molecule has 0 bridgehead atoms. The minimum absolute atomic E-state index is 0.0176. The van der Waals surface area contributed by atoms with Crippen molar-refractivity contribution in [2.24, 2.45) is 5.73 Å². The van der Waals surface area contributed by atoms with Gasteiger partial charge in [-0.15, -0.1) is 0 Å². The maximum Gasteiger partial charge on any atom is 0.338 e. The molecule has 1 aliphatic rings. The first kappa shape index (κ1) is 15.0. The number of hydrogen-bond acceptors (Lipinski definition) is 5. The lowest BCUT2D eigenvalue weighted by atomic mass is 9.96. The topological polar surface area (TPSA) is 95.7 Å². The highest BCUT2D eigenvalue weighted by molar-refractivity contribution is 5.93. The average Bonchev–Trinajstić information content (AvgIpc) is 2.48. The lowest BCUT2D eigenvalue weighted by Crippen LogP contribution is -2.30. The molecule has 1 atom stereocenters. The molecule has 0 spiro atoms. The monoisotopic (exact) mass is 291 g/mol.